The number of nitrogens with one attached hydrogen (secondary N) is 1. The summed E-state index contributed by atoms with van der Waals surface area (Å²) in [5, 5.41) is 5.55. The Labute approximate surface area is 151 Å². The molecule has 0 saturated heterocycles. The summed E-state index contributed by atoms with van der Waals surface area (Å²) in [5.41, 5.74) is 3.58. The number of methoxy groups -OCH3 is 1. The fourth-order valence-corrected chi connectivity index (χ4v) is 3.36. The summed E-state index contributed by atoms with van der Waals surface area (Å²) in [4.78, 5) is 17.0. The molecule has 0 aliphatic rings. The molecule has 0 radical (unpaired) electrons. The first-order valence-corrected chi connectivity index (χ1v) is 8.93. The molecule has 128 valence electrons. The smallest absolute Gasteiger partial charge is 0.271 e. The predicted octanol–water partition coefficient (Wildman–Crippen LogP) is 4.62. The Balaban J connectivity index is 1.75. The molecule has 1 aromatic heterocycles. The lowest BCUT2D eigenvalue weighted by Crippen LogP contribution is -2.26. The number of hydrogen-bond acceptors (Lipinski definition) is 4. The first-order chi connectivity index (χ1) is 12.1. The molecule has 25 heavy (non-hydrogen) atoms. The van der Waals surface area contributed by atoms with Gasteiger partial charge >= 0.3 is 0 Å². The van der Waals surface area contributed by atoms with E-state index in [1.54, 1.807) is 12.5 Å². The molecule has 1 unspecified atom stereocenters. The molecule has 3 aromatic rings. The monoisotopic (exact) mass is 352 g/mol. The van der Waals surface area contributed by atoms with E-state index < -0.39 is 0 Å². The predicted molar refractivity (Wildman–Crippen MR) is 101 cm³/mol. The van der Waals surface area contributed by atoms with E-state index in [2.05, 4.69) is 10.3 Å². The second-order valence-electron chi connectivity index (χ2n) is 5.84. The van der Waals surface area contributed by atoms with Gasteiger partial charge in [-0.2, -0.15) is 0 Å². The number of aryl methyl sites for hydroxylation is 1. The van der Waals surface area contributed by atoms with Crippen LogP contribution in [0.25, 0.3) is 10.6 Å². The molecule has 0 bridgehead atoms. The lowest BCUT2D eigenvalue weighted by Gasteiger charge is -2.13. The minimum Gasteiger partial charge on any atom is -0.496 e. The van der Waals surface area contributed by atoms with E-state index in [0.717, 1.165) is 21.9 Å². The van der Waals surface area contributed by atoms with E-state index in [1.165, 1.54) is 16.9 Å². The molecule has 0 aliphatic carbocycles. The average Bonchev–Trinajstić information content (AvgIpc) is 3.12. The van der Waals surface area contributed by atoms with Gasteiger partial charge in [0, 0.05) is 5.38 Å². The zero-order chi connectivity index (χ0) is 17.8. The summed E-state index contributed by atoms with van der Waals surface area (Å²) < 4.78 is 5.37. The SMILES string of the molecule is COc1ccccc1-c1nc(C(=O)NC(C)c2ccc(C)cc2)cs1. The van der Waals surface area contributed by atoms with Crippen molar-refractivity contribution in [2.45, 2.75) is 19.9 Å². The Kier molecular flexibility index (Phi) is 5.14. The number of aromatic nitrogens is 1. The Morgan fingerprint density at radius 3 is 2.60 bits per heavy atom. The van der Waals surface area contributed by atoms with E-state index in [9.17, 15) is 4.79 Å². The number of thiazole rings is 1. The molecule has 4 nitrogen and oxygen atoms in total. The van der Waals surface area contributed by atoms with Gasteiger partial charge in [-0.3, -0.25) is 4.79 Å². The molecule has 3 rings (SSSR count). The van der Waals surface area contributed by atoms with Crippen molar-refractivity contribution in [1.82, 2.24) is 10.3 Å². The van der Waals surface area contributed by atoms with Crippen LogP contribution in [0, 0.1) is 6.92 Å². The van der Waals surface area contributed by atoms with Crippen molar-refractivity contribution >= 4 is 17.2 Å². The second-order valence-corrected chi connectivity index (χ2v) is 6.70. The molecule has 2 aromatic carbocycles. The molecular weight excluding hydrogens is 332 g/mol. The number of ether oxygens (including phenoxy) is 1. The summed E-state index contributed by atoms with van der Waals surface area (Å²) >= 11 is 1.43. The number of carbonyl (C=O) groups excluding carboxylic acids is 1. The highest BCUT2D eigenvalue weighted by molar-refractivity contribution is 7.13. The number of para-hydroxylation sites is 1. The molecule has 0 aliphatic heterocycles. The molecule has 1 amide bonds. The van der Waals surface area contributed by atoms with Crippen molar-refractivity contribution in [2.24, 2.45) is 0 Å². The Hall–Kier alpha value is -2.66. The van der Waals surface area contributed by atoms with E-state index in [1.807, 2.05) is 62.4 Å². The van der Waals surface area contributed by atoms with Gasteiger partial charge in [-0.15, -0.1) is 11.3 Å². The summed E-state index contributed by atoms with van der Waals surface area (Å²) in [6, 6.07) is 15.7. The van der Waals surface area contributed by atoms with Crippen molar-refractivity contribution in [2.75, 3.05) is 7.11 Å². The van der Waals surface area contributed by atoms with Gasteiger partial charge in [0.1, 0.15) is 16.5 Å². The van der Waals surface area contributed by atoms with Gasteiger partial charge in [0.2, 0.25) is 0 Å². The summed E-state index contributed by atoms with van der Waals surface area (Å²) in [5.74, 6) is 0.572. The minimum absolute atomic E-state index is 0.0792. The first-order valence-electron chi connectivity index (χ1n) is 8.05. The van der Waals surface area contributed by atoms with Crippen LogP contribution in [-0.2, 0) is 0 Å². The minimum atomic E-state index is -0.175. The second kappa shape index (κ2) is 7.49. The summed E-state index contributed by atoms with van der Waals surface area (Å²) in [6.07, 6.45) is 0. The lowest BCUT2D eigenvalue weighted by atomic mass is 10.1. The van der Waals surface area contributed by atoms with Crippen LogP contribution >= 0.6 is 11.3 Å². The van der Waals surface area contributed by atoms with E-state index >= 15 is 0 Å². The van der Waals surface area contributed by atoms with Gasteiger partial charge in [-0.05, 0) is 31.5 Å². The van der Waals surface area contributed by atoms with Crippen molar-refractivity contribution in [3.8, 4) is 16.3 Å². The number of benzene rings is 2. The summed E-state index contributed by atoms with van der Waals surface area (Å²) in [6.45, 7) is 4.01. The maximum Gasteiger partial charge on any atom is 0.271 e. The van der Waals surface area contributed by atoms with Crippen LogP contribution in [-0.4, -0.2) is 18.0 Å². The van der Waals surface area contributed by atoms with Gasteiger partial charge in [0.25, 0.3) is 5.91 Å². The topological polar surface area (TPSA) is 51.2 Å². The van der Waals surface area contributed by atoms with Crippen molar-refractivity contribution in [3.05, 3.63) is 70.7 Å². The highest BCUT2D eigenvalue weighted by Crippen LogP contribution is 2.31. The van der Waals surface area contributed by atoms with Gasteiger partial charge in [-0.1, -0.05) is 42.0 Å². The fraction of sp³-hybridized carbons (Fsp3) is 0.200. The summed E-state index contributed by atoms with van der Waals surface area (Å²) in [7, 11) is 1.63. The standard InChI is InChI=1S/C20H20N2O2S/c1-13-8-10-15(11-9-13)14(2)21-19(23)17-12-25-20(22-17)16-6-4-5-7-18(16)24-3/h4-12,14H,1-3H3,(H,21,23). The number of nitrogens with zero attached hydrogens (tertiary/aromatic N) is 1. The van der Waals surface area contributed by atoms with Gasteiger partial charge < -0.3 is 10.1 Å². The Bertz CT molecular complexity index is 871. The zero-order valence-corrected chi connectivity index (χ0v) is 15.3. The molecular formula is C20H20N2O2S. The van der Waals surface area contributed by atoms with Crippen LogP contribution in [0.1, 0.15) is 34.6 Å². The van der Waals surface area contributed by atoms with Crippen LogP contribution in [0.2, 0.25) is 0 Å². The molecule has 5 heteroatoms. The van der Waals surface area contributed by atoms with Crippen molar-refractivity contribution in [3.63, 3.8) is 0 Å². The maximum atomic E-state index is 12.5. The molecule has 1 heterocycles. The van der Waals surface area contributed by atoms with Crippen molar-refractivity contribution < 1.29 is 9.53 Å². The van der Waals surface area contributed by atoms with Gasteiger partial charge in [0.05, 0.1) is 18.7 Å². The zero-order valence-electron chi connectivity index (χ0n) is 14.4. The third-order valence-corrected chi connectivity index (χ3v) is 4.87. The van der Waals surface area contributed by atoms with Gasteiger partial charge in [0.15, 0.2) is 0 Å². The Morgan fingerprint density at radius 1 is 1.16 bits per heavy atom. The highest BCUT2D eigenvalue weighted by Gasteiger charge is 2.16. The lowest BCUT2D eigenvalue weighted by molar-refractivity contribution is 0.0935. The number of carbonyl (C=O) groups is 1. The Morgan fingerprint density at radius 2 is 1.88 bits per heavy atom. The van der Waals surface area contributed by atoms with Crippen LogP contribution in [0.5, 0.6) is 5.75 Å². The molecule has 1 atom stereocenters. The molecule has 1 N–H and O–H groups in total. The van der Waals surface area contributed by atoms with Crippen LogP contribution < -0.4 is 10.1 Å². The third kappa shape index (κ3) is 3.88. The average molecular weight is 352 g/mol. The van der Waals surface area contributed by atoms with Crippen LogP contribution in [0.4, 0.5) is 0 Å². The number of hydrogen-bond donors (Lipinski definition) is 1. The van der Waals surface area contributed by atoms with E-state index in [4.69, 9.17) is 4.74 Å². The van der Waals surface area contributed by atoms with E-state index in [0.29, 0.717) is 5.69 Å². The number of amides is 1. The fourth-order valence-electron chi connectivity index (χ4n) is 2.53. The largest absolute Gasteiger partial charge is 0.496 e. The number of rotatable bonds is 5. The van der Waals surface area contributed by atoms with Crippen molar-refractivity contribution in [1.29, 1.82) is 0 Å². The molecule has 0 fully saturated rings. The van der Waals surface area contributed by atoms with Gasteiger partial charge in [-0.25, -0.2) is 4.98 Å². The third-order valence-electron chi connectivity index (χ3n) is 4.00. The van der Waals surface area contributed by atoms with E-state index in [-0.39, 0.29) is 11.9 Å². The highest BCUT2D eigenvalue weighted by atomic mass is 32.1. The molecule has 0 saturated carbocycles. The normalized spacial score (nSPS) is 11.8. The van der Waals surface area contributed by atoms with Crippen LogP contribution in [0.15, 0.2) is 53.9 Å². The van der Waals surface area contributed by atoms with Crippen LogP contribution in [0.3, 0.4) is 0 Å². The first kappa shape index (κ1) is 17.2. The quantitative estimate of drug-likeness (QED) is 0.729. The molecule has 0 spiro atoms. The maximum absolute atomic E-state index is 12.5.